The summed E-state index contributed by atoms with van der Waals surface area (Å²) in [4.78, 5) is 13.1. The maximum absolute atomic E-state index is 6.17. The second-order valence-corrected chi connectivity index (χ2v) is 6.79. The molecule has 1 saturated heterocycles. The molecule has 3 heterocycles. The van der Waals surface area contributed by atoms with Gasteiger partial charge in [0, 0.05) is 56.4 Å². The lowest BCUT2D eigenvalue weighted by molar-refractivity contribution is 0.249. The van der Waals surface area contributed by atoms with Gasteiger partial charge in [-0.1, -0.05) is 29.8 Å². The Morgan fingerprint density at radius 3 is 2.46 bits per heavy atom. The zero-order chi connectivity index (χ0) is 17.9. The summed E-state index contributed by atoms with van der Waals surface area (Å²) in [5.41, 5.74) is 3.55. The lowest BCUT2D eigenvalue weighted by Crippen LogP contribution is -2.46. The molecular formula is C19H21ClN6. The fourth-order valence-electron chi connectivity index (χ4n) is 3.31. The summed E-state index contributed by atoms with van der Waals surface area (Å²) in [7, 11) is 0. The van der Waals surface area contributed by atoms with Gasteiger partial charge >= 0.3 is 0 Å². The highest BCUT2D eigenvalue weighted by molar-refractivity contribution is 6.31. The fourth-order valence-corrected chi connectivity index (χ4v) is 3.54. The number of piperazine rings is 1. The zero-order valence-electron chi connectivity index (χ0n) is 14.7. The van der Waals surface area contributed by atoms with Crippen molar-refractivity contribution in [2.75, 3.05) is 31.1 Å². The van der Waals surface area contributed by atoms with Crippen molar-refractivity contribution >= 4 is 17.4 Å². The Morgan fingerprint density at radius 2 is 1.73 bits per heavy atom. The number of halogens is 1. The summed E-state index contributed by atoms with van der Waals surface area (Å²) in [6.45, 7) is 6.74. The number of anilines is 1. The molecule has 1 aromatic carbocycles. The minimum atomic E-state index is 0.473. The van der Waals surface area contributed by atoms with Crippen LogP contribution >= 0.6 is 11.6 Å². The highest BCUT2D eigenvalue weighted by atomic mass is 35.5. The van der Waals surface area contributed by atoms with Crippen LogP contribution in [0.1, 0.15) is 11.3 Å². The summed E-state index contributed by atoms with van der Waals surface area (Å²) in [6, 6.07) is 10.2. The molecule has 6 nitrogen and oxygen atoms in total. The van der Waals surface area contributed by atoms with E-state index >= 15 is 0 Å². The average molecular weight is 369 g/mol. The van der Waals surface area contributed by atoms with E-state index in [1.165, 1.54) is 11.3 Å². The Kier molecular flexibility index (Phi) is 4.86. The van der Waals surface area contributed by atoms with E-state index < -0.39 is 0 Å². The molecule has 0 saturated carbocycles. The Balaban J connectivity index is 1.41. The van der Waals surface area contributed by atoms with Crippen LogP contribution < -0.4 is 4.90 Å². The Morgan fingerprint density at radius 1 is 1.00 bits per heavy atom. The average Bonchev–Trinajstić information content (AvgIpc) is 3.04. The van der Waals surface area contributed by atoms with Crippen molar-refractivity contribution in [3.63, 3.8) is 0 Å². The topological polar surface area (TPSA) is 50.1 Å². The molecule has 0 amide bonds. The van der Waals surface area contributed by atoms with Gasteiger partial charge in [-0.2, -0.15) is 5.10 Å². The Labute approximate surface area is 158 Å². The van der Waals surface area contributed by atoms with Crippen LogP contribution in [0.3, 0.4) is 0 Å². The molecule has 0 aliphatic carbocycles. The smallest absolute Gasteiger partial charge is 0.171 e. The number of hydrogen-bond acceptors (Lipinski definition) is 5. The number of hydrogen-bond donors (Lipinski definition) is 0. The molecule has 1 aliphatic rings. The maximum Gasteiger partial charge on any atom is 0.171 e. The van der Waals surface area contributed by atoms with Crippen LogP contribution in [0.15, 0.2) is 48.9 Å². The second kappa shape index (κ2) is 7.43. The molecule has 7 heteroatoms. The largest absolute Gasteiger partial charge is 0.351 e. The monoisotopic (exact) mass is 368 g/mol. The third-order valence-corrected chi connectivity index (χ3v) is 5.08. The van der Waals surface area contributed by atoms with E-state index in [1.807, 2.05) is 29.1 Å². The van der Waals surface area contributed by atoms with Crippen molar-refractivity contribution in [2.24, 2.45) is 0 Å². The Bertz CT molecular complexity index is 871. The number of rotatable bonds is 4. The van der Waals surface area contributed by atoms with E-state index in [4.69, 9.17) is 11.6 Å². The highest BCUT2D eigenvalue weighted by Gasteiger charge is 2.21. The van der Waals surface area contributed by atoms with Crippen molar-refractivity contribution < 1.29 is 0 Å². The molecule has 1 fully saturated rings. The van der Waals surface area contributed by atoms with Gasteiger partial charge < -0.3 is 4.90 Å². The van der Waals surface area contributed by atoms with Gasteiger partial charge in [-0.05, 0) is 19.1 Å². The van der Waals surface area contributed by atoms with Gasteiger partial charge in [0.25, 0.3) is 0 Å². The van der Waals surface area contributed by atoms with E-state index in [2.05, 4.69) is 43.9 Å². The first-order valence-electron chi connectivity index (χ1n) is 8.75. The predicted molar refractivity (Wildman–Crippen MR) is 103 cm³/mol. The van der Waals surface area contributed by atoms with Crippen LogP contribution in [0.5, 0.6) is 0 Å². The van der Waals surface area contributed by atoms with Gasteiger partial charge in [-0.3, -0.25) is 4.90 Å². The van der Waals surface area contributed by atoms with Crippen molar-refractivity contribution in [1.29, 1.82) is 0 Å². The molecule has 1 aliphatic heterocycles. The summed E-state index contributed by atoms with van der Waals surface area (Å²) in [5, 5.41) is 5.04. The lowest BCUT2D eigenvalue weighted by atomic mass is 10.2. The first kappa shape index (κ1) is 17.0. The van der Waals surface area contributed by atoms with E-state index in [0.717, 1.165) is 44.2 Å². The molecule has 2 aromatic heterocycles. The number of benzene rings is 1. The standard InChI is InChI=1S/C19H21ClN6/c1-15-16(13-23-26(15)17-5-3-2-4-6-17)14-24-9-11-25(12-10-24)19-18(20)21-7-8-22-19/h2-8,13H,9-12,14H2,1H3. The van der Waals surface area contributed by atoms with E-state index in [0.29, 0.717) is 5.15 Å². The first-order valence-corrected chi connectivity index (χ1v) is 9.13. The van der Waals surface area contributed by atoms with Crippen LogP contribution in [0.25, 0.3) is 5.69 Å². The van der Waals surface area contributed by atoms with Crippen LogP contribution in [-0.2, 0) is 6.54 Å². The second-order valence-electron chi connectivity index (χ2n) is 6.44. The van der Waals surface area contributed by atoms with Gasteiger partial charge in [0.2, 0.25) is 0 Å². The summed E-state index contributed by atoms with van der Waals surface area (Å²) in [6.07, 6.45) is 5.29. The lowest BCUT2D eigenvalue weighted by Gasteiger charge is -2.35. The van der Waals surface area contributed by atoms with Gasteiger partial charge in [-0.25, -0.2) is 14.6 Å². The normalized spacial score (nSPS) is 15.4. The van der Waals surface area contributed by atoms with Gasteiger partial charge in [0.15, 0.2) is 11.0 Å². The highest BCUT2D eigenvalue weighted by Crippen LogP contribution is 2.22. The number of nitrogens with zero attached hydrogens (tertiary/aromatic N) is 6. The van der Waals surface area contributed by atoms with Crippen molar-refractivity contribution in [1.82, 2.24) is 24.6 Å². The summed E-state index contributed by atoms with van der Waals surface area (Å²) >= 11 is 6.17. The summed E-state index contributed by atoms with van der Waals surface area (Å²) < 4.78 is 2.00. The van der Waals surface area contributed by atoms with Gasteiger partial charge in [0.05, 0.1) is 11.9 Å². The molecule has 26 heavy (non-hydrogen) atoms. The number of para-hydroxylation sites is 1. The molecule has 4 rings (SSSR count). The van der Waals surface area contributed by atoms with E-state index in [1.54, 1.807) is 12.4 Å². The van der Waals surface area contributed by atoms with Crippen LogP contribution in [0.2, 0.25) is 5.15 Å². The molecule has 0 unspecified atom stereocenters. The molecule has 0 N–H and O–H groups in total. The quantitative estimate of drug-likeness (QED) is 0.708. The van der Waals surface area contributed by atoms with Crippen molar-refractivity contribution in [3.05, 3.63) is 65.3 Å². The molecule has 0 atom stereocenters. The number of aromatic nitrogens is 4. The van der Waals surface area contributed by atoms with Crippen LogP contribution in [-0.4, -0.2) is 50.8 Å². The predicted octanol–water partition coefficient (Wildman–Crippen LogP) is 2.95. The van der Waals surface area contributed by atoms with Crippen molar-refractivity contribution in [2.45, 2.75) is 13.5 Å². The fraction of sp³-hybridized carbons (Fsp3) is 0.316. The first-order chi connectivity index (χ1) is 12.7. The molecule has 3 aromatic rings. The van der Waals surface area contributed by atoms with Crippen LogP contribution in [0.4, 0.5) is 5.82 Å². The molecular weight excluding hydrogens is 348 g/mol. The SMILES string of the molecule is Cc1c(CN2CCN(c3nccnc3Cl)CC2)cnn1-c1ccccc1. The van der Waals surface area contributed by atoms with E-state index in [9.17, 15) is 0 Å². The molecule has 0 radical (unpaired) electrons. The van der Waals surface area contributed by atoms with Crippen LogP contribution in [0, 0.1) is 6.92 Å². The third kappa shape index (κ3) is 3.43. The molecule has 0 spiro atoms. The minimum absolute atomic E-state index is 0.473. The Hall–Kier alpha value is -2.44. The zero-order valence-corrected chi connectivity index (χ0v) is 15.5. The van der Waals surface area contributed by atoms with Gasteiger partial charge in [0.1, 0.15) is 0 Å². The molecule has 0 bridgehead atoms. The maximum atomic E-state index is 6.17. The van der Waals surface area contributed by atoms with Gasteiger partial charge in [-0.15, -0.1) is 0 Å². The molecule has 134 valence electrons. The third-order valence-electron chi connectivity index (χ3n) is 4.81. The minimum Gasteiger partial charge on any atom is -0.351 e. The summed E-state index contributed by atoms with van der Waals surface area (Å²) in [5.74, 6) is 0.780. The van der Waals surface area contributed by atoms with Crippen molar-refractivity contribution in [3.8, 4) is 5.69 Å². The van der Waals surface area contributed by atoms with E-state index in [-0.39, 0.29) is 0 Å².